The molecule has 4 rings (SSSR count). The summed E-state index contributed by atoms with van der Waals surface area (Å²) in [5.74, 6) is 1.01. The molecular weight excluding hydrogens is 267 g/mol. The van der Waals surface area contributed by atoms with Crippen LogP contribution in [0.15, 0.2) is 36.5 Å². The van der Waals surface area contributed by atoms with E-state index in [1.54, 1.807) is 0 Å². The first kappa shape index (κ1) is 11.9. The highest BCUT2D eigenvalue weighted by Crippen LogP contribution is 2.38. The van der Waals surface area contributed by atoms with E-state index >= 15 is 0 Å². The molecule has 3 aromatic rings. The van der Waals surface area contributed by atoms with Gasteiger partial charge >= 0.3 is 0 Å². The normalized spacial score (nSPS) is 13.4. The molecule has 0 fully saturated rings. The number of aromatic nitrogens is 3. The lowest BCUT2D eigenvalue weighted by atomic mass is 10.0. The van der Waals surface area contributed by atoms with E-state index < -0.39 is 0 Å². The third kappa shape index (κ3) is 1.52. The van der Waals surface area contributed by atoms with Crippen molar-refractivity contribution in [3.63, 3.8) is 0 Å². The SMILES string of the molecule is CN1Cc2ccccc2-c2nn(CP)c3ccnc1c23. The highest BCUT2D eigenvalue weighted by atomic mass is 31.0. The van der Waals surface area contributed by atoms with E-state index in [-0.39, 0.29) is 0 Å². The summed E-state index contributed by atoms with van der Waals surface area (Å²) in [5, 5.41) is 5.96. The first-order valence-corrected chi connectivity index (χ1v) is 7.46. The van der Waals surface area contributed by atoms with Gasteiger partial charge in [0.2, 0.25) is 0 Å². The van der Waals surface area contributed by atoms with E-state index in [0.29, 0.717) is 0 Å². The molecule has 0 radical (unpaired) electrons. The Kier molecular flexibility index (Phi) is 2.54. The molecule has 100 valence electrons. The number of nitrogens with zero attached hydrogens (tertiary/aromatic N) is 4. The second-order valence-electron chi connectivity index (χ2n) is 5.07. The number of pyridine rings is 1. The molecule has 1 atom stereocenters. The minimum Gasteiger partial charge on any atom is -0.355 e. The first-order valence-electron chi connectivity index (χ1n) is 6.64. The van der Waals surface area contributed by atoms with Gasteiger partial charge in [0.05, 0.1) is 17.2 Å². The second-order valence-corrected chi connectivity index (χ2v) is 5.44. The Morgan fingerprint density at radius 3 is 2.95 bits per heavy atom. The smallest absolute Gasteiger partial charge is 0.140 e. The molecule has 20 heavy (non-hydrogen) atoms. The number of benzene rings is 1. The molecular formula is C15H15N4P. The summed E-state index contributed by atoms with van der Waals surface area (Å²) in [5.41, 5.74) is 4.70. The molecule has 1 unspecified atom stereocenters. The van der Waals surface area contributed by atoms with Gasteiger partial charge in [-0.15, -0.1) is 9.24 Å². The zero-order valence-electron chi connectivity index (χ0n) is 11.2. The first-order chi connectivity index (χ1) is 9.79. The molecule has 0 bridgehead atoms. The summed E-state index contributed by atoms with van der Waals surface area (Å²) in [4.78, 5) is 6.78. The van der Waals surface area contributed by atoms with Crippen molar-refractivity contribution in [2.24, 2.45) is 0 Å². The average molecular weight is 282 g/mol. The molecule has 0 spiro atoms. The van der Waals surface area contributed by atoms with Gasteiger partial charge in [0.15, 0.2) is 0 Å². The van der Waals surface area contributed by atoms with E-state index in [2.05, 4.69) is 50.4 Å². The van der Waals surface area contributed by atoms with E-state index in [1.807, 2.05) is 16.9 Å². The topological polar surface area (TPSA) is 34.0 Å². The van der Waals surface area contributed by atoms with E-state index in [1.165, 1.54) is 11.1 Å². The zero-order chi connectivity index (χ0) is 13.7. The van der Waals surface area contributed by atoms with Crippen LogP contribution in [0.2, 0.25) is 0 Å². The van der Waals surface area contributed by atoms with Crippen molar-refractivity contribution in [2.45, 2.75) is 12.8 Å². The van der Waals surface area contributed by atoms with Gasteiger partial charge in [0.1, 0.15) is 11.5 Å². The van der Waals surface area contributed by atoms with Crippen molar-refractivity contribution >= 4 is 26.0 Å². The van der Waals surface area contributed by atoms with E-state index in [0.717, 1.165) is 35.2 Å². The van der Waals surface area contributed by atoms with Crippen LogP contribution in [0, 0.1) is 0 Å². The highest BCUT2D eigenvalue weighted by Gasteiger charge is 2.23. The Labute approximate surface area is 119 Å². The lowest BCUT2D eigenvalue weighted by Crippen LogP contribution is -2.17. The Bertz CT molecular complexity index is 809. The Morgan fingerprint density at radius 1 is 1.25 bits per heavy atom. The number of hydrogen-bond donors (Lipinski definition) is 0. The molecule has 1 aliphatic heterocycles. The van der Waals surface area contributed by atoms with Gasteiger partial charge in [-0.25, -0.2) is 4.98 Å². The molecule has 1 aliphatic rings. The average Bonchev–Trinajstić information content (AvgIpc) is 2.80. The van der Waals surface area contributed by atoms with Crippen LogP contribution in [-0.2, 0) is 12.8 Å². The molecule has 0 amide bonds. The van der Waals surface area contributed by atoms with Gasteiger partial charge in [-0.1, -0.05) is 24.3 Å². The molecule has 0 N–H and O–H groups in total. The van der Waals surface area contributed by atoms with Gasteiger partial charge in [0.25, 0.3) is 0 Å². The van der Waals surface area contributed by atoms with E-state index in [4.69, 9.17) is 5.10 Å². The van der Waals surface area contributed by atoms with Crippen molar-refractivity contribution in [2.75, 3.05) is 11.9 Å². The lowest BCUT2D eigenvalue weighted by Gasteiger charge is -2.17. The predicted molar refractivity (Wildman–Crippen MR) is 84.8 cm³/mol. The summed E-state index contributed by atoms with van der Waals surface area (Å²) in [6, 6.07) is 10.5. The summed E-state index contributed by atoms with van der Waals surface area (Å²) in [7, 11) is 4.83. The van der Waals surface area contributed by atoms with Crippen molar-refractivity contribution < 1.29 is 0 Å². The fraction of sp³-hybridized carbons (Fsp3) is 0.200. The molecule has 3 heterocycles. The monoisotopic (exact) mass is 282 g/mol. The third-order valence-corrected chi connectivity index (χ3v) is 4.20. The molecule has 0 saturated carbocycles. The van der Waals surface area contributed by atoms with Crippen LogP contribution in [0.1, 0.15) is 5.56 Å². The van der Waals surface area contributed by atoms with Gasteiger partial charge in [-0.3, -0.25) is 4.68 Å². The second kappa shape index (κ2) is 4.29. The van der Waals surface area contributed by atoms with Gasteiger partial charge in [0, 0.05) is 25.4 Å². The summed E-state index contributed by atoms with van der Waals surface area (Å²) < 4.78 is 2.02. The van der Waals surface area contributed by atoms with Gasteiger partial charge in [-0.2, -0.15) is 5.10 Å². The van der Waals surface area contributed by atoms with Crippen molar-refractivity contribution in [3.8, 4) is 11.3 Å². The van der Waals surface area contributed by atoms with Crippen LogP contribution in [0.3, 0.4) is 0 Å². The molecule has 2 aromatic heterocycles. The minimum atomic E-state index is 0.784. The maximum absolute atomic E-state index is 4.80. The number of anilines is 1. The molecule has 4 nitrogen and oxygen atoms in total. The highest BCUT2D eigenvalue weighted by molar-refractivity contribution is 7.15. The number of rotatable bonds is 1. The largest absolute Gasteiger partial charge is 0.355 e. The van der Waals surface area contributed by atoms with Crippen LogP contribution in [-0.4, -0.2) is 21.8 Å². The summed E-state index contributed by atoms with van der Waals surface area (Å²) >= 11 is 0. The summed E-state index contributed by atoms with van der Waals surface area (Å²) in [6.45, 7) is 0.861. The Hall–Kier alpha value is -1.93. The standard InChI is InChI=1S/C15H15N4P/c1-18-8-10-4-2-3-5-11(10)14-13-12(19(9-20)17-14)6-7-16-15(13)18/h2-7H,8-9,20H2,1H3. The fourth-order valence-electron chi connectivity index (χ4n) is 2.94. The number of fused-ring (bicyclic) bond motifs is 2. The van der Waals surface area contributed by atoms with E-state index in [9.17, 15) is 0 Å². The third-order valence-electron chi connectivity index (χ3n) is 3.86. The quantitative estimate of drug-likeness (QED) is 0.644. The fourth-order valence-corrected chi connectivity index (χ4v) is 3.22. The molecule has 0 aliphatic carbocycles. The molecule has 1 aromatic carbocycles. The van der Waals surface area contributed by atoms with Crippen LogP contribution < -0.4 is 4.90 Å². The summed E-state index contributed by atoms with van der Waals surface area (Å²) in [6.07, 6.45) is 2.65. The van der Waals surface area contributed by atoms with Gasteiger partial charge in [-0.05, 0) is 11.6 Å². The zero-order valence-corrected chi connectivity index (χ0v) is 12.4. The minimum absolute atomic E-state index is 0.784. The van der Waals surface area contributed by atoms with Gasteiger partial charge < -0.3 is 4.90 Å². The van der Waals surface area contributed by atoms with Crippen LogP contribution in [0.25, 0.3) is 22.2 Å². The predicted octanol–water partition coefficient (Wildman–Crippen LogP) is 2.88. The number of hydrogen-bond acceptors (Lipinski definition) is 3. The Morgan fingerprint density at radius 2 is 2.10 bits per heavy atom. The maximum atomic E-state index is 4.80. The van der Waals surface area contributed by atoms with Crippen LogP contribution in [0.5, 0.6) is 0 Å². The molecule has 0 saturated heterocycles. The van der Waals surface area contributed by atoms with Crippen LogP contribution >= 0.6 is 9.24 Å². The van der Waals surface area contributed by atoms with Crippen molar-refractivity contribution in [3.05, 3.63) is 42.1 Å². The Balaban J connectivity index is 2.17. The maximum Gasteiger partial charge on any atom is 0.140 e. The van der Waals surface area contributed by atoms with Crippen molar-refractivity contribution in [1.82, 2.24) is 14.8 Å². The molecule has 5 heteroatoms. The van der Waals surface area contributed by atoms with Crippen LogP contribution in [0.4, 0.5) is 5.82 Å². The lowest BCUT2D eigenvalue weighted by molar-refractivity contribution is 0.781. The van der Waals surface area contributed by atoms with Crippen molar-refractivity contribution in [1.29, 1.82) is 0 Å².